The summed E-state index contributed by atoms with van der Waals surface area (Å²) < 4.78 is 11.5. The average Bonchev–Trinajstić information content (AvgIpc) is 2.73. The van der Waals surface area contributed by atoms with Crippen molar-refractivity contribution in [3.05, 3.63) is 76.0 Å². The number of benzene rings is 2. The molecule has 6 heteroatoms. The van der Waals surface area contributed by atoms with Crippen LogP contribution in [0, 0.1) is 19.8 Å². The molecule has 2 N–H and O–H groups in total. The predicted octanol–water partition coefficient (Wildman–Crippen LogP) is 5.10. The van der Waals surface area contributed by atoms with E-state index in [4.69, 9.17) is 9.47 Å². The molecule has 2 amide bonds. The Morgan fingerprint density at radius 2 is 1.72 bits per heavy atom. The number of hydrogen-bond acceptors (Lipinski definition) is 4. The Morgan fingerprint density at radius 3 is 2.34 bits per heavy atom. The molecule has 0 aliphatic carbocycles. The second kappa shape index (κ2) is 9.90. The molecule has 2 aromatic rings. The lowest BCUT2D eigenvalue weighted by Gasteiger charge is -2.31. The molecule has 1 heterocycles. The lowest BCUT2D eigenvalue weighted by molar-refractivity contribution is -0.143. The minimum atomic E-state index is -0.597. The van der Waals surface area contributed by atoms with Gasteiger partial charge in [0.15, 0.2) is 0 Å². The molecule has 3 rings (SSSR count). The summed E-state index contributed by atoms with van der Waals surface area (Å²) in [5, 5.41) is 5.65. The van der Waals surface area contributed by atoms with Gasteiger partial charge in [-0.2, -0.15) is 0 Å². The molecule has 0 aromatic heterocycles. The third-order valence-corrected chi connectivity index (χ3v) is 5.35. The molecule has 1 aliphatic heterocycles. The van der Waals surface area contributed by atoms with Gasteiger partial charge in [0.25, 0.3) is 0 Å². The fraction of sp³-hybridized carbons (Fsp3) is 0.385. The fourth-order valence-corrected chi connectivity index (χ4v) is 3.67. The fourth-order valence-electron chi connectivity index (χ4n) is 3.67. The molecule has 1 unspecified atom stereocenters. The molecular weight excluding hydrogens is 404 g/mol. The maximum absolute atomic E-state index is 12.9. The summed E-state index contributed by atoms with van der Waals surface area (Å²) >= 11 is 0. The van der Waals surface area contributed by atoms with Crippen LogP contribution in [-0.2, 0) is 16.1 Å². The van der Waals surface area contributed by atoms with E-state index in [1.807, 2.05) is 38.1 Å². The van der Waals surface area contributed by atoms with E-state index < -0.39 is 12.0 Å². The van der Waals surface area contributed by atoms with Crippen molar-refractivity contribution in [1.29, 1.82) is 0 Å². The van der Waals surface area contributed by atoms with Crippen LogP contribution in [0.15, 0.2) is 53.7 Å². The average molecular weight is 437 g/mol. The first-order valence-corrected chi connectivity index (χ1v) is 11.0. The maximum Gasteiger partial charge on any atom is 0.338 e. The zero-order valence-corrected chi connectivity index (χ0v) is 19.6. The van der Waals surface area contributed by atoms with Crippen LogP contribution in [0.5, 0.6) is 5.75 Å². The summed E-state index contributed by atoms with van der Waals surface area (Å²) in [6, 6.07) is 12.8. The topological polar surface area (TPSA) is 76.7 Å². The van der Waals surface area contributed by atoms with Gasteiger partial charge < -0.3 is 20.1 Å². The van der Waals surface area contributed by atoms with E-state index in [0.29, 0.717) is 23.6 Å². The van der Waals surface area contributed by atoms with E-state index in [0.717, 1.165) is 11.1 Å². The van der Waals surface area contributed by atoms with Crippen molar-refractivity contribution in [2.45, 2.75) is 60.3 Å². The Labute approximate surface area is 190 Å². The Morgan fingerprint density at radius 1 is 1.03 bits per heavy atom. The summed E-state index contributed by atoms with van der Waals surface area (Å²) in [5.74, 6) is 0.240. The van der Waals surface area contributed by atoms with E-state index in [1.165, 1.54) is 11.1 Å². The third kappa shape index (κ3) is 5.49. The molecule has 0 bridgehead atoms. The second-order valence-electron chi connectivity index (χ2n) is 8.76. The van der Waals surface area contributed by atoms with Gasteiger partial charge in [0.05, 0.1) is 17.7 Å². The van der Waals surface area contributed by atoms with Crippen LogP contribution in [0.3, 0.4) is 0 Å². The quantitative estimate of drug-likeness (QED) is 0.592. The van der Waals surface area contributed by atoms with Gasteiger partial charge in [-0.3, -0.25) is 0 Å². The summed E-state index contributed by atoms with van der Waals surface area (Å²) in [5.41, 5.74) is 5.32. The zero-order valence-electron chi connectivity index (χ0n) is 19.6. The van der Waals surface area contributed by atoms with Gasteiger partial charge in [-0.1, -0.05) is 49.7 Å². The minimum Gasteiger partial charge on any atom is -0.489 e. The number of amides is 2. The van der Waals surface area contributed by atoms with E-state index in [1.54, 1.807) is 13.8 Å². The second-order valence-corrected chi connectivity index (χ2v) is 8.76. The molecule has 32 heavy (non-hydrogen) atoms. The SMILES string of the molecule is Cc1ccc(C)c(COc2ccc(C3NC(=O)NC(C(C)C)=C3C(=O)OC(C)C)cc2)c1. The number of ether oxygens (including phenoxy) is 2. The van der Waals surface area contributed by atoms with E-state index >= 15 is 0 Å². The number of urea groups is 1. The molecule has 1 atom stereocenters. The number of carbonyl (C=O) groups is 2. The number of hydrogen-bond donors (Lipinski definition) is 2. The van der Waals surface area contributed by atoms with Gasteiger partial charge in [-0.15, -0.1) is 0 Å². The number of nitrogens with one attached hydrogen (secondary N) is 2. The van der Waals surface area contributed by atoms with Crippen LogP contribution in [-0.4, -0.2) is 18.1 Å². The van der Waals surface area contributed by atoms with Gasteiger partial charge >= 0.3 is 12.0 Å². The number of rotatable bonds is 7. The third-order valence-electron chi connectivity index (χ3n) is 5.35. The van der Waals surface area contributed by atoms with Crippen molar-refractivity contribution < 1.29 is 19.1 Å². The number of allylic oxidation sites excluding steroid dienone is 1. The molecule has 2 aromatic carbocycles. The molecule has 6 nitrogen and oxygen atoms in total. The van der Waals surface area contributed by atoms with Crippen LogP contribution in [0.2, 0.25) is 0 Å². The number of esters is 1. The van der Waals surface area contributed by atoms with Crippen LogP contribution < -0.4 is 15.4 Å². The Balaban J connectivity index is 1.84. The highest BCUT2D eigenvalue weighted by atomic mass is 16.5. The minimum absolute atomic E-state index is 0.0431. The highest BCUT2D eigenvalue weighted by Gasteiger charge is 2.35. The van der Waals surface area contributed by atoms with Crippen LogP contribution in [0.25, 0.3) is 0 Å². The molecule has 0 spiro atoms. The van der Waals surface area contributed by atoms with Crippen LogP contribution in [0.4, 0.5) is 4.79 Å². The summed E-state index contributed by atoms with van der Waals surface area (Å²) in [6.07, 6.45) is -0.262. The summed E-state index contributed by atoms with van der Waals surface area (Å²) in [7, 11) is 0. The van der Waals surface area contributed by atoms with Crippen molar-refractivity contribution in [2.75, 3.05) is 0 Å². The Bertz CT molecular complexity index is 1020. The van der Waals surface area contributed by atoms with Gasteiger partial charge in [0.1, 0.15) is 12.4 Å². The Kier molecular flexibility index (Phi) is 7.23. The zero-order chi connectivity index (χ0) is 23.4. The van der Waals surface area contributed by atoms with Gasteiger partial charge in [0.2, 0.25) is 0 Å². The monoisotopic (exact) mass is 436 g/mol. The number of aryl methyl sites for hydroxylation is 2. The first-order chi connectivity index (χ1) is 15.2. The first kappa shape index (κ1) is 23.4. The largest absolute Gasteiger partial charge is 0.489 e. The van der Waals surface area contributed by atoms with Crippen LogP contribution in [0.1, 0.15) is 56.0 Å². The standard InChI is InChI=1S/C26H32N2O4/c1-15(2)23-22(25(29)32-16(3)4)24(28-26(30)27-23)19-9-11-21(12-10-19)31-14-20-13-17(5)7-8-18(20)6/h7-13,15-16,24H,14H2,1-6H3,(H2,27,28,30). The van der Waals surface area contributed by atoms with Crippen molar-refractivity contribution >= 4 is 12.0 Å². The summed E-state index contributed by atoms with van der Waals surface area (Å²) in [4.78, 5) is 25.2. The van der Waals surface area contributed by atoms with Crippen molar-refractivity contribution in [3.63, 3.8) is 0 Å². The molecule has 0 saturated heterocycles. The molecule has 0 fully saturated rings. The highest BCUT2D eigenvalue weighted by Crippen LogP contribution is 2.31. The van der Waals surface area contributed by atoms with Gasteiger partial charge in [-0.25, -0.2) is 9.59 Å². The van der Waals surface area contributed by atoms with Crippen molar-refractivity contribution in [3.8, 4) is 5.75 Å². The van der Waals surface area contributed by atoms with Gasteiger partial charge in [-0.05, 0) is 62.4 Å². The summed E-state index contributed by atoms with van der Waals surface area (Å²) in [6.45, 7) is 12.1. The van der Waals surface area contributed by atoms with Crippen LogP contribution >= 0.6 is 0 Å². The maximum atomic E-state index is 12.9. The van der Waals surface area contributed by atoms with E-state index in [-0.39, 0.29) is 18.1 Å². The van der Waals surface area contributed by atoms with Crippen molar-refractivity contribution in [2.24, 2.45) is 5.92 Å². The first-order valence-electron chi connectivity index (χ1n) is 11.0. The van der Waals surface area contributed by atoms with Gasteiger partial charge in [0, 0.05) is 5.70 Å². The predicted molar refractivity (Wildman–Crippen MR) is 124 cm³/mol. The smallest absolute Gasteiger partial charge is 0.338 e. The Hall–Kier alpha value is -3.28. The van der Waals surface area contributed by atoms with E-state index in [2.05, 4.69) is 42.7 Å². The van der Waals surface area contributed by atoms with E-state index in [9.17, 15) is 9.59 Å². The molecule has 0 saturated carbocycles. The molecule has 0 radical (unpaired) electrons. The lowest BCUT2D eigenvalue weighted by atomic mass is 9.91. The molecule has 170 valence electrons. The normalized spacial score (nSPS) is 16.1. The molecular formula is C26H32N2O4. The molecule has 1 aliphatic rings. The lowest BCUT2D eigenvalue weighted by Crippen LogP contribution is -2.47. The highest BCUT2D eigenvalue weighted by molar-refractivity contribution is 5.95. The van der Waals surface area contributed by atoms with Crippen molar-refractivity contribution in [1.82, 2.24) is 10.6 Å². The number of carbonyl (C=O) groups excluding carboxylic acids is 2.